The van der Waals surface area contributed by atoms with Gasteiger partial charge < -0.3 is 5.11 Å². The molecule has 6 heteroatoms. The molecule has 0 atom stereocenters. The lowest BCUT2D eigenvalue weighted by atomic mass is 9.98. The monoisotopic (exact) mass is 355 g/mol. The fourth-order valence-corrected chi connectivity index (χ4v) is 3.02. The molecule has 0 unspecified atom stereocenters. The average Bonchev–Trinajstić information content (AvgIpc) is 2.65. The van der Waals surface area contributed by atoms with E-state index >= 15 is 0 Å². The molecule has 0 radical (unpaired) electrons. The lowest BCUT2D eigenvalue weighted by Crippen LogP contribution is -2.23. The molecule has 0 aliphatic carbocycles. The van der Waals surface area contributed by atoms with Crippen molar-refractivity contribution >= 4 is 17.2 Å². The van der Waals surface area contributed by atoms with Crippen LogP contribution in [0.1, 0.15) is 63.5 Å². The molecule has 25 heavy (non-hydrogen) atoms. The summed E-state index contributed by atoms with van der Waals surface area (Å²) in [6, 6.07) is 3.69. The first-order valence-corrected chi connectivity index (χ1v) is 8.55. The van der Waals surface area contributed by atoms with Gasteiger partial charge in [0.1, 0.15) is 5.78 Å². The number of benzene rings is 1. The molecule has 1 N–H and O–H groups in total. The van der Waals surface area contributed by atoms with E-state index in [0.717, 1.165) is 24.6 Å². The molecule has 0 saturated carbocycles. The van der Waals surface area contributed by atoms with E-state index in [-0.39, 0.29) is 12.2 Å². The third-order valence-corrected chi connectivity index (χ3v) is 4.15. The van der Waals surface area contributed by atoms with Crippen LogP contribution in [0, 0.1) is 0 Å². The Hall–Kier alpha value is -1.69. The maximum absolute atomic E-state index is 12.8. The normalized spacial score (nSPS) is 15.4. The summed E-state index contributed by atoms with van der Waals surface area (Å²) in [6.07, 6.45) is -0.480. The van der Waals surface area contributed by atoms with Crippen molar-refractivity contribution in [1.82, 2.24) is 0 Å². The Bertz CT molecular complexity index is 658. The van der Waals surface area contributed by atoms with E-state index < -0.39 is 17.3 Å². The van der Waals surface area contributed by atoms with Gasteiger partial charge in [0, 0.05) is 18.6 Å². The molecule has 0 spiro atoms. The van der Waals surface area contributed by atoms with Crippen LogP contribution >= 0.6 is 0 Å². The summed E-state index contributed by atoms with van der Waals surface area (Å²) in [5, 5.41) is 9.64. The number of Topliss-reactive ketones (excluding diaryl/α,β-unsaturated/α-hetero) is 1. The lowest BCUT2D eigenvalue weighted by Gasteiger charge is -2.15. The van der Waals surface area contributed by atoms with Crippen LogP contribution in [-0.4, -0.2) is 22.2 Å². The second kappa shape index (κ2) is 7.68. The van der Waals surface area contributed by atoms with Crippen molar-refractivity contribution in [1.29, 1.82) is 0 Å². The van der Waals surface area contributed by atoms with Crippen LogP contribution in [-0.2, 0) is 17.4 Å². The first-order valence-electron chi connectivity index (χ1n) is 8.55. The van der Waals surface area contributed by atoms with E-state index in [1.165, 1.54) is 12.1 Å². The fourth-order valence-electron chi connectivity index (χ4n) is 3.02. The van der Waals surface area contributed by atoms with E-state index in [1.54, 1.807) is 13.8 Å². The minimum atomic E-state index is -4.34. The van der Waals surface area contributed by atoms with Crippen molar-refractivity contribution in [2.45, 2.75) is 70.6 Å². The Morgan fingerprint density at radius 2 is 1.96 bits per heavy atom. The number of aliphatic hydroxyl groups is 1. The van der Waals surface area contributed by atoms with Gasteiger partial charge in [0.15, 0.2) is 0 Å². The number of hydrogen-bond acceptors (Lipinski definition) is 3. The number of aliphatic imine (C=N–C) groups is 1. The smallest absolute Gasteiger partial charge is 0.390 e. The summed E-state index contributed by atoms with van der Waals surface area (Å²) in [5.41, 5.74) is 0.523. The van der Waals surface area contributed by atoms with Crippen LogP contribution in [0.4, 0.5) is 18.9 Å². The number of fused-ring (bicyclic) bond motifs is 1. The van der Waals surface area contributed by atoms with Gasteiger partial charge in [-0.2, -0.15) is 13.2 Å². The molecule has 1 aliphatic rings. The summed E-state index contributed by atoms with van der Waals surface area (Å²) < 4.78 is 38.4. The van der Waals surface area contributed by atoms with Crippen LogP contribution in [0.2, 0.25) is 0 Å². The zero-order chi connectivity index (χ0) is 18.7. The number of alkyl halides is 3. The highest BCUT2D eigenvalue weighted by atomic mass is 19.4. The van der Waals surface area contributed by atoms with Gasteiger partial charge in [-0.15, -0.1) is 0 Å². The molecule has 0 aromatic heterocycles. The fraction of sp³-hybridized carbons (Fsp3) is 0.579. The largest absolute Gasteiger partial charge is 0.416 e. The van der Waals surface area contributed by atoms with Gasteiger partial charge in [-0.1, -0.05) is 0 Å². The second-order valence-electron chi connectivity index (χ2n) is 7.25. The van der Waals surface area contributed by atoms with Gasteiger partial charge in [-0.05, 0) is 69.7 Å². The Balaban J connectivity index is 1.99. The van der Waals surface area contributed by atoms with Crippen molar-refractivity contribution in [2.24, 2.45) is 4.99 Å². The van der Waals surface area contributed by atoms with Crippen LogP contribution in [0.25, 0.3) is 0 Å². The zero-order valence-corrected chi connectivity index (χ0v) is 14.6. The SMILES string of the molecule is CC(C)(O)CC(=O)CCCC1=Nc2ccc(C(F)(F)F)cc2CCC1. The van der Waals surface area contributed by atoms with Gasteiger partial charge >= 0.3 is 6.18 Å². The molecule has 2 rings (SSSR count). The van der Waals surface area contributed by atoms with E-state index in [9.17, 15) is 23.1 Å². The highest BCUT2D eigenvalue weighted by Gasteiger charge is 2.31. The van der Waals surface area contributed by atoms with Gasteiger partial charge in [-0.25, -0.2) is 0 Å². The number of halogens is 3. The minimum absolute atomic E-state index is 0.0111. The maximum Gasteiger partial charge on any atom is 0.416 e. The van der Waals surface area contributed by atoms with E-state index in [1.807, 2.05) is 0 Å². The van der Waals surface area contributed by atoms with Crippen molar-refractivity contribution in [2.75, 3.05) is 0 Å². The molecule has 0 fully saturated rings. The zero-order valence-electron chi connectivity index (χ0n) is 14.6. The number of carbonyl (C=O) groups excluding carboxylic acids is 1. The number of carbonyl (C=O) groups is 1. The molecule has 1 aromatic carbocycles. The van der Waals surface area contributed by atoms with Crippen LogP contribution < -0.4 is 0 Å². The van der Waals surface area contributed by atoms with Crippen LogP contribution in [0.3, 0.4) is 0 Å². The molecule has 138 valence electrons. The number of rotatable bonds is 6. The third kappa shape index (κ3) is 6.27. The summed E-state index contributed by atoms with van der Waals surface area (Å²) >= 11 is 0. The highest BCUT2D eigenvalue weighted by molar-refractivity contribution is 5.88. The number of aryl methyl sites for hydroxylation is 1. The predicted molar refractivity (Wildman–Crippen MR) is 91.2 cm³/mol. The summed E-state index contributed by atoms with van der Waals surface area (Å²) in [4.78, 5) is 16.3. The van der Waals surface area contributed by atoms with E-state index in [4.69, 9.17) is 0 Å². The van der Waals surface area contributed by atoms with Gasteiger partial charge in [0.05, 0.1) is 16.9 Å². The average molecular weight is 355 g/mol. The van der Waals surface area contributed by atoms with Crippen molar-refractivity contribution in [3.8, 4) is 0 Å². The maximum atomic E-state index is 12.8. The first-order chi connectivity index (χ1) is 11.5. The summed E-state index contributed by atoms with van der Waals surface area (Å²) in [7, 11) is 0. The van der Waals surface area contributed by atoms with Gasteiger partial charge in [-0.3, -0.25) is 9.79 Å². The minimum Gasteiger partial charge on any atom is -0.390 e. The second-order valence-corrected chi connectivity index (χ2v) is 7.25. The standard InChI is InChI=1S/C19H24F3NO2/c1-18(2,25)12-16(24)8-4-7-15-6-3-5-13-11-14(19(20,21)22)9-10-17(13)23-15/h9-11,25H,3-8,12H2,1-2H3. The van der Waals surface area contributed by atoms with Crippen LogP contribution in [0.5, 0.6) is 0 Å². The molecular weight excluding hydrogens is 331 g/mol. The summed E-state index contributed by atoms with van der Waals surface area (Å²) in [5.74, 6) is 0.0111. The molecule has 1 aliphatic heterocycles. The van der Waals surface area contributed by atoms with Crippen molar-refractivity contribution < 1.29 is 23.1 Å². The molecule has 3 nitrogen and oxygen atoms in total. The number of hydrogen-bond donors (Lipinski definition) is 1. The lowest BCUT2D eigenvalue weighted by molar-refractivity contribution is -0.137. The van der Waals surface area contributed by atoms with E-state index in [0.29, 0.717) is 36.9 Å². The molecule has 0 amide bonds. The van der Waals surface area contributed by atoms with Gasteiger partial charge in [0.2, 0.25) is 0 Å². The third-order valence-electron chi connectivity index (χ3n) is 4.15. The number of ketones is 1. The predicted octanol–water partition coefficient (Wildman–Crippen LogP) is 5.01. The molecular formula is C19H24F3NO2. The molecule has 1 heterocycles. The Kier molecular flexibility index (Phi) is 6.03. The van der Waals surface area contributed by atoms with E-state index in [2.05, 4.69) is 4.99 Å². The van der Waals surface area contributed by atoms with Crippen molar-refractivity contribution in [3.05, 3.63) is 29.3 Å². The highest BCUT2D eigenvalue weighted by Crippen LogP contribution is 2.34. The topological polar surface area (TPSA) is 49.7 Å². The van der Waals surface area contributed by atoms with Crippen molar-refractivity contribution in [3.63, 3.8) is 0 Å². The number of nitrogens with zero attached hydrogens (tertiary/aromatic N) is 1. The molecule has 0 bridgehead atoms. The van der Waals surface area contributed by atoms with Gasteiger partial charge in [0.25, 0.3) is 0 Å². The van der Waals surface area contributed by atoms with Crippen LogP contribution in [0.15, 0.2) is 23.2 Å². The Labute approximate surface area is 146 Å². The summed E-state index contributed by atoms with van der Waals surface area (Å²) in [6.45, 7) is 3.21. The first kappa shape index (κ1) is 19.6. The Morgan fingerprint density at radius 1 is 1.24 bits per heavy atom. The Morgan fingerprint density at radius 3 is 2.60 bits per heavy atom. The quantitative estimate of drug-likeness (QED) is 0.779. The molecule has 1 aromatic rings. The molecule has 0 saturated heterocycles.